The number of hydrogen-bond donors (Lipinski definition) is 1. The number of hydrogen-bond acceptors (Lipinski definition) is 4. The van der Waals surface area contributed by atoms with E-state index in [0.717, 1.165) is 47.5 Å². The van der Waals surface area contributed by atoms with E-state index in [2.05, 4.69) is 31.5 Å². The molecule has 4 aromatic rings. The van der Waals surface area contributed by atoms with Crippen LogP contribution < -0.4 is 0 Å². The number of imidazole rings is 1. The van der Waals surface area contributed by atoms with Crippen molar-refractivity contribution in [2.45, 2.75) is 31.6 Å². The van der Waals surface area contributed by atoms with E-state index in [1.54, 1.807) is 6.20 Å². The molecule has 1 aliphatic rings. The van der Waals surface area contributed by atoms with Gasteiger partial charge in [0, 0.05) is 24.0 Å². The van der Waals surface area contributed by atoms with Gasteiger partial charge in [0.05, 0.1) is 29.0 Å². The summed E-state index contributed by atoms with van der Waals surface area (Å²) in [4.78, 5) is 16.8. The number of nitriles is 1. The van der Waals surface area contributed by atoms with Crippen molar-refractivity contribution in [3.05, 3.63) is 60.1 Å². The number of nitrogens with one attached hydrogen (secondary N) is 1. The molecule has 0 bridgehead atoms. The number of pyridine rings is 1. The van der Waals surface area contributed by atoms with Crippen molar-refractivity contribution < 1.29 is 0 Å². The van der Waals surface area contributed by atoms with Crippen LogP contribution in [0.25, 0.3) is 16.7 Å². The Morgan fingerprint density at radius 1 is 1.12 bits per heavy atom. The van der Waals surface area contributed by atoms with E-state index >= 15 is 0 Å². The molecule has 0 aromatic carbocycles. The molecule has 4 aromatic heterocycles. The molecular weight excluding hydrogens is 324 g/mol. The topological polar surface area (TPSA) is 82.7 Å². The summed E-state index contributed by atoms with van der Waals surface area (Å²) in [5.41, 5.74) is 4.72. The Hall–Kier alpha value is -3.20. The number of nitrogens with zero attached hydrogens (tertiary/aromatic N) is 5. The summed E-state index contributed by atoms with van der Waals surface area (Å²) in [5, 5.41) is 8.89. The highest BCUT2D eigenvalue weighted by molar-refractivity contribution is 5.75. The van der Waals surface area contributed by atoms with Gasteiger partial charge in [0.25, 0.3) is 0 Å². The summed E-state index contributed by atoms with van der Waals surface area (Å²) >= 11 is 0. The van der Waals surface area contributed by atoms with Crippen molar-refractivity contribution >= 4 is 16.7 Å². The molecule has 128 valence electrons. The van der Waals surface area contributed by atoms with Gasteiger partial charge in [0.1, 0.15) is 11.9 Å². The Morgan fingerprint density at radius 2 is 2.04 bits per heavy atom. The monoisotopic (exact) mass is 342 g/mol. The van der Waals surface area contributed by atoms with Gasteiger partial charge in [-0.15, -0.1) is 0 Å². The summed E-state index contributed by atoms with van der Waals surface area (Å²) in [6.45, 7) is 0. The minimum Gasteiger partial charge on any atom is -0.345 e. The van der Waals surface area contributed by atoms with Crippen molar-refractivity contribution in [2.75, 3.05) is 0 Å². The zero-order valence-corrected chi connectivity index (χ0v) is 14.3. The highest BCUT2D eigenvalue weighted by atomic mass is 15.1. The van der Waals surface area contributed by atoms with E-state index in [-0.39, 0.29) is 0 Å². The van der Waals surface area contributed by atoms with Crippen LogP contribution in [0, 0.1) is 17.2 Å². The van der Waals surface area contributed by atoms with Gasteiger partial charge in [-0.25, -0.2) is 9.97 Å². The molecule has 6 nitrogen and oxygen atoms in total. The molecule has 6 heteroatoms. The molecule has 0 radical (unpaired) electrons. The van der Waals surface area contributed by atoms with Crippen molar-refractivity contribution in [3.63, 3.8) is 0 Å². The highest BCUT2D eigenvalue weighted by Gasteiger charge is 2.29. The fourth-order valence-electron chi connectivity index (χ4n) is 4.19. The van der Waals surface area contributed by atoms with Gasteiger partial charge in [-0.05, 0) is 49.8 Å². The van der Waals surface area contributed by atoms with Gasteiger partial charge in [-0.2, -0.15) is 5.26 Å². The summed E-state index contributed by atoms with van der Waals surface area (Å²) in [5.74, 6) is 2.21. The van der Waals surface area contributed by atoms with Gasteiger partial charge in [-0.1, -0.05) is 0 Å². The molecule has 0 spiro atoms. The van der Waals surface area contributed by atoms with Crippen LogP contribution in [-0.4, -0.2) is 24.3 Å². The Kier molecular flexibility index (Phi) is 3.45. The van der Waals surface area contributed by atoms with E-state index < -0.39 is 0 Å². The number of fused-ring (bicyclic) bond motifs is 3. The maximum absolute atomic E-state index is 8.89. The third-order valence-corrected chi connectivity index (χ3v) is 5.45. The molecule has 0 saturated heterocycles. The summed E-state index contributed by atoms with van der Waals surface area (Å²) in [6.07, 6.45) is 11.8. The second kappa shape index (κ2) is 5.95. The molecule has 1 saturated carbocycles. The van der Waals surface area contributed by atoms with Gasteiger partial charge < -0.3 is 4.98 Å². The quantitative estimate of drug-likeness (QED) is 0.616. The van der Waals surface area contributed by atoms with E-state index in [1.807, 2.05) is 30.7 Å². The van der Waals surface area contributed by atoms with Crippen LogP contribution in [0.5, 0.6) is 0 Å². The molecule has 1 N–H and O–H groups in total. The third-order valence-electron chi connectivity index (χ3n) is 5.45. The first kappa shape index (κ1) is 15.1. The Balaban J connectivity index is 1.39. The van der Waals surface area contributed by atoms with Crippen LogP contribution in [0.3, 0.4) is 0 Å². The first-order valence-electron chi connectivity index (χ1n) is 8.96. The molecule has 0 amide bonds. The maximum atomic E-state index is 8.89. The first-order valence-corrected chi connectivity index (χ1v) is 8.96. The van der Waals surface area contributed by atoms with Crippen LogP contribution in [-0.2, 0) is 6.42 Å². The largest absolute Gasteiger partial charge is 0.345 e. The highest BCUT2D eigenvalue weighted by Crippen LogP contribution is 2.39. The van der Waals surface area contributed by atoms with Gasteiger partial charge in [0.15, 0.2) is 5.65 Å². The molecular formula is C20H18N6. The number of rotatable bonds is 3. The molecule has 26 heavy (non-hydrogen) atoms. The van der Waals surface area contributed by atoms with Crippen molar-refractivity contribution in [2.24, 2.45) is 5.92 Å². The summed E-state index contributed by atoms with van der Waals surface area (Å²) in [7, 11) is 0. The van der Waals surface area contributed by atoms with Crippen LogP contribution >= 0.6 is 0 Å². The van der Waals surface area contributed by atoms with Crippen molar-refractivity contribution in [1.29, 1.82) is 5.26 Å². The number of aromatic amines is 1. The Labute approximate surface area is 150 Å². The fourth-order valence-corrected chi connectivity index (χ4v) is 4.19. The average molecular weight is 342 g/mol. The zero-order chi connectivity index (χ0) is 17.5. The smallest absolute Gasteiger partial charge is 0.154 e. The Bertz CT molecular complexity index is 1110. The lowest BCUT2D eigenvalue weighted by molar-refractivity contribution is 0.524. The molecule has 5 rings (SSSR count). The third kappa shape index (κ3) is 2.44. The molecule has 2 atom stereocenters. The normalized spacial score (nSPS) is 20.0. The molecule has 1 aliphatic carbocycles. The van der Waals surface area contributed by atoms with E-state index in [4.69, 9.17) is 10.2 Å². The second-order valence-corrected chi connectivity index (χ2v) is 7.08. The molecule has 4 heterocycles. The van der Waals surface area contributed by atoms with Crippen molar-refractivity contribution in [1.82, 2.24) is 24.3 Å². The number of aromatic nitrogens is 5. The summed E-state index contributed by atoms with van der Waals surface area (Å²) in [6, 6.07) is 8.02. The van der Waals surface area contributed by atoms with Gasteiger partial charge in [-0.3, -0.25) is 9.38 Å². The SMILES string of the molecule is N#Cc1ccc(C[C@@H]2CC[C@H](c3ncc4cnc5[nH]ccc5n34)C2)nc1. The van der Waals surface area contributed by atoms with Crippen LogP contribution in [0.15, 0.2) is 43.0 Å². The maximum Gasteiger partial charge on any atom is 0.154 e. The molecule has 0 aliphatic heterocycles. The zero-order valence-electron chi connectivity index (χ0n) is 14.3. The van der Waals surface area contributed by atoms with Gasteiger partial charge in [0.2, 0.25) is 0 Å². The second-order valence-electron chi connectivity index (χ2n) is 7.08. The lowest BCUT2D eigenvalue weighted by atomic mass is 9.99. The van der Waals surface area contributed by atoms with Gasteiger partial charge >= 0.3 is 0 Å². The Morgan fingerprint density at radius 3 is 2.88 bits per heavy atom. The van der Waals surface area contributed by atoms with E-state index in [1.165, 1.54) is 6.42 Å². The molecule has 1 fully saturated rings. The standard InChI is InChI=1S/C20H18N6/c21-9-14-2-4-16(23-10-14)8-13-1-3-15(7-13)20-25-12-17-11-24-19-18(26(17)20)5-6-22-19/h2,4-6,10-13,15,22H,1,3,7-8H2/t13-,15+/m1/s1. The van der Waals surface area contributed by atoms with Crippen LogP contribution in [0.1, 0.15) is 42.3 Å². The van der Waals surface area contributed by atoms with E-state index in [9.17, 15) is 0 Å². The predicted molar refractivity (Wildman–Crippen MR) is 97.6 cm³/mol. The summed E-state index contributed by atoms with van der Waals surface area (Å²) < 4.78 is 2.24. The fraction of sp³-hybridized carbons (Fsp3) is 0.300. The number of H-pyrrole nitrogens is 1. The van der Waals surface area contributed by atoms with E-state index in [0.29, 0.717) is 17.4 Å². The van der Waals surface area contributed by atoms with Crippen LogP contribution in [0.2, 0.25) is 0 Å². The molecule has 0 unspecified atom stereocenters. The first-order chi connectivity index (χ1) is 12.8. The van der Waals surface area contributed by atoms with Crippen molar-refractivity contribution in [3.8, 4) is 6.07 Å². The lowest BCUT2D eigenvalue weighted by Gasteiger charge is -2.11. The van der Waals surface area contributed by atoms with Crippen LogP contribution in [0.4, 0.5) is 0 Å². The minimum atomic E-state index is 0.460. The average Bonchev–Trinajstić information content (AvgIpc) is 3.40. The lowest BCUT2D eigenvalue weighted by Crippen LogP contribution is -2.05. The minimum absolute atomic E-state index is 0.460. The predicted octanol–water partition coefficient (Wildman–Crippen LogP) is 3.60.